The van der Waals surface area contributed by atoms with Gasteiger partial charge in [-0.3, -0.25) is 0 Å². The van der Waals surface area contributed by atoms with Crippen LogP contribution in [-0.4, -0.2) is 10.1 Å². The molecular formula is C11H10FN2O. The van der Waals surface area contributed by atoms with Crippen molar-refractivity contribution in [2.45, 2.75) is 13.3 Å². The van der Waals surface area contributed by atoms with E-state index in [2.05, 4.69) is 10.1 Å². The van der Waals surface area contributed by atoms with Crippen LogP contribution in [0.3, 0.4) is 0 Å². The molecule has 0 aliphatic heterocycles. The van der Waals surface area contributed by atoms with Crippen molar-refractivity contribution in [1.82, 2.24) is 10.1 Å². The van der Waals surface area contributed by atoms with Gasteiger partial charge in [0.05, 0.1) is 0 Å². The molecule has 0 bridgehead atoms. The molecule has 0 unspecified atom stereocenters. The molecule has 0 fully saturated rings. The fourth-order valence-electron chi connectivity index (χ4n) is 1.24. The lowest BCUT2D eigenvalue weighted by Crippen LogP contribution is -1.83. The highest BCUT2D eigenvalue weighted by atomic mass is 19.1. The number of rotatable bonds is 3. The van der Waals surface area contributed by atoms with E-state index in [1.807, 2.05) is 13.3 Å². The smallest absolute Gasteiger partial charge is 0.230 e. The maximum Gasteiger partial charge on any atom is 0.230 e. The molecule has 0 spiro atoms. The second-order valence-electron chi connectivity index (χ2n) is 3.08. The number of hydrogen-bond donors (Lipinski definition) is 0. The molecule has 1 aromatic heterocycles. The lowest BCUT2D eigenvalue weighted by Gasteiger charge is -1.92. The Morgan fingerprint density at radius 2 is 2.33 bits per heavy atom. The first-order valence-electron chi connectivity index (χ1n) is 4.72. The Labute approximate surface area is 86.9 Å². The first-order chi connectivity index (χ1) is 7.29. The summed E-state index contributed by atoms with van der Waals surface area (Å²) in [4.78, 5) is 4.11. The lowest BCUT2D eigenvalue weighted by atomic mass is 10.2. The molecule has 0 amide bonds. The zero-order valence-corrected chi connectivity index (χ0v) is 8.27. The predicted molar refractivity (Wildman–Crippen MR) is 53.4 cm³/mol. The maximum absolute atomic E-state index is 12.9. The minimum Gasteiger partial charge on any atom is -0.339 e. The first kappa shape index (κ1) is 9.83. The van der Waals surface area contributed by atoms with E-state index >= 15 is 0 Å². The third kappa shape index (κ3) is 2.21. The molecule has 3 nitrogen and oxygen atoms in total. The Morgan fingerprint density at radius 1 is 1.47 bits per heavy atom. The Kier molecular flexibility index (Phi) is 2.76. The number of aromatic nitrogens is 2. The molecular weight excluding hydrogens is 195 g/mol. The van der Waals surface area contributed by atoms with Crippen molar-refractivity contribution < 1.29 is 8.91 Å². The van der Waals surface area contributed by atoms with Crippen LogP contribution in [0.4, 0.5) is 4.39 Å². The van der Waals surface area contributed by atoms with E-state index in [9.17, 15) is 4.39 Å². The maximum atomic E-state index is 12.9. The van der Waals surface area contributed by atoms with E-state index in [-0.39, 0.29) is 5.82 Å². The number of halogens is 1. The van der Waals surface area contributed by atoms with Gasteiger partial charge >= 0.3 is 0 Å². The van der Waals surface area contributed by atoms with E-state index in [1.54, 1.807) is 12.1 Å². The summed E-state index contributed by atoms with van der Waals surface area (Å²) in [5.74, 6) is 0.573. The van der Waals surface area contributed by atoms with Gasteiger partial charge in [0.15, 0.2) is 0 Å². The lowest BCUT2D eigenvalue weighted by molar-refractivity contribution is 0.397. The van der Waals surface area contributed by atoms with Crippen LogP contribution >= 0.6 is 0 Å². The van der Waals surface area contributed by atoms with Crippen molar-refractivity contribution in [2.24, 2.45) is 0 Å². The molecule has 0 saturated heterocycles. The Balaban J connectivity index is 2.29. The van der Waals surface area contributed by atoms with E-state index < -0.39 is 0 Å². The van der Waals surface area contributed by atoms with Crippen LogP contribution in [0.15, 0.2) is 28.8 Å². The van der Waals surface area contributed by atoms with Crippen LogP contribution in [0.1, 0.15) is 19.2 Å². The van der Waals surface area contributed by atoms with Crippen LogP contribution in [0.25, 0.3) is 11.4 Å². The van der Waals surface area contributed by atoms with Gasteiger partial charge in [0, 0.05) is 12.0 Å². The average Bonchev–Trinajstić information content (AvgIpc) is 2.67. The zero-order valence-electron chi connectivity index (χ0n) is 8.27. The third-order valence-corrected chi connectivity index (χ3v) is 1.90. The molecule has 1 aromatic carbocycles. The largest absolute Gasteiger partial charge is 0.339 e. The molecule has 0 saturated carbocycles. The van der Waals surface area contributed by atoms with E-state index in [0.717, 1.165) is 6.42 Å². The van der Waals surface area contributed by atoms with Crippen molar-refractivity contribution in [3.05, 3.63) is 42.4 Å². The molecule has 4 heteroatoms. The van der Waals surface area contributed by atoms with Crippen LogP contribution in [-0.2, 0) is 0 Å². The highest BCUT2D eigenvalue weighted by molar-refractivity contribution is 5.53. The van der Waals surface area contributed by atoms with Crippen LogP contribution in [0.2, 0.25) is 0 Å². The van der Waals surface area contributed by atoms with E-state index in [0.29, 0.717) is 17.3 Å². The first-order valence-corrected chi connectivity index (χ1v) is 4.72. The SMILES string of the molecule is CC[CH]c1nc(-c2cccc(F)c2)no1. The van der Waals surface area contributed by atoms with Gasteiger partial charge in [0.2, 0.25) is 11.7 Å². The summed E-state index contributed by atoms with van der Waals surface area (Å²) in [7, 11) is 0. The summed E-state index contributed by atoms with van der Waals surface area (Å²) in [5, 5.41) is 3.76. The van der Waals surface area contributed by atoms with Gasteiger partial charge in [-0.25, -0.2) is 4.39 Å². The average molecular weight is 205 g/mol. The fourth-order valence-corrected chi connectivity index (χ4v) is 1.24. The van der Waals surface area contributed by atoms with Crippen molar-refractivity contribution in [3.63, 3.8) is 0 Å². The third-order valence-electron chi connectivity index (χ3n) is 1.90. The summed E-state index contributed by atoms with van der Waals surface area (Å²) in [5.41, 5.74) is 0.620. The molecule has 0 atom stereocenters. The fraction of sp³-hybridized carbons (Fsp3) is 0.182. The minimum absolute atomic E-state index is 0.307. The van der Waals surface area contributed by atoms with Crippen molar-refractivity contribution in [1.29, 1.82) is 0 Å². The van der Waals surface area contributed by atoms with Crippen LogP contribution in [0.5, 0.6) is 0 Å². The summed E-state index contributed by atoms with van der Waals surface area (Å²) in [6, 6.07) is 6.11. The van der Waals surface area contributed by atoms with Gasteiger partial charge in [-0.15, -0.1) is 0 Å². The van der Waals surface area contributed by atoms with E-state index in [1.165, 1.54) is 12.1 Å². The second-order valence-corrected chi connectivity index (χ2v) is 3.08. The molecule has 1 heterocycles. The zero-order chi connectivity index (χ0) is 10.7. The Morgan fingerprint density at radius 3 is 3.07 bits per heavy atom. The van der Waals surface area contributed by atoms with Crippen LogP contribution < -0.4 is 0 Å². The topological polar surface area (TPSA) is 38.9 Å². The van der Waals surface area contributed by atoms with Gasteiger partial charge in [-0.2, -0.15) is 4.98 Å². The summed E-state index contributed by atoms with van der Waals surface area (Å²) < 4.78 is 17.9. The molecule has 77 valence electrons. The summed E-state index contributed by atoms with van der Waals surface area (Å²) in [6.07, 6.45) is 2.64. The van der Waals surface area contributed by atoms with Gasteiger partial charge in [0.25, 0.3) is 0 Å². The number of benzene rings is 1. The van der Waals surface area contributed by atoms with Gasteiger partial charge in [-0.05, 0) is 18.6 Å². The highest BCUT2D eigenvalue weighted by Crippen LogP contribution is 2.17. The molecule has 0 aliphatic rings. The molecule has 0 N–H and O–H groups in total. The van der Waals surface area contributed by atoms with Gasteiger partial charge in [0.1, 0.15) is 5.82 Å². The molecule has 2 rings (SSSR count). The second kappa shape index (κ2) is 4.21. The normalized spacial score (nSPS) is 10.5. The number of nitrogens with zero attached hydrogens (tertiary/aromatic N) is 2. The van der Waals surface area contributed by atoms with Crippen molar-refractivity contribution >= 4 is 0 Å². The molecule has 1 radical (unpaired) electrons. The monoisotopic (exact) mass is 205 g/mol. The minimum atomic E-state index is -0.307. The summed E-state index contributed by atoms with van der Waals surface area (Å²) >= 11 is 0. The molecule has 15 heavy (non-hydrogen) atoms. The van der Waals surface area contributed by atoms with Gasteiger partial charge < -0.3 is 4.52 Å². The van der Waals surface area contributed by atoms with E-state index in [4.69, 9.17) is 4.52 Å². The summed E-state index contributed by atoms with van der Waals surface area (Å²) in [6.45, 7) is 1.98. The quantitative estimate of drug-likeness (QED) is 0.773. The Hall–Kier alpha value is -1.71. The number of hydrogen-bond acceptors (Lipinski definition) is 3. The van der Waals surface area contributed by atoms with Crippen molar-refractivity contribution in [2.75, 3.05) is 0 Å². The Bertz CT molecular complexity index is 453. The molecule has 2 aromatic rings. The standard InChI is InChI=1S/C11H10FN2O/c1-2-4-10-13-11(14-15-10)8-5-3-6-9(12)7-8/h3-7H,2H2,1H3. The van der Waals surface area contributed by atoms with Gasteiger partial charge in [-0.1, -0.05) is 24.2 Å². The predicted octanol–water partition coefficient (Wildman–Crippen LogP) is 2.84. The van der Waals surface area contributed by atoms with Crippen LogP contribution in [0, 0.1) is 12.2 Å². The highest BCUT2D eigenvalue weighted by Gasteiger charge is 2.08. The van der Waals surface area contributed by atoms with Crippen molar-refractivity contribution in [3.8, 4) is 11.4 Å². The molecule has 0 aliphatic carbocycles.